The van der Waals surface area contributed by atoms with Gasteiger partial charge in [-0.1, -0.05) is 11.6 Å². The van der Waals surface area contributed by atoms with E-state index in [1.165, 1.54) is 6.21 Å². The summed E-state index contributed by atoms with van der Waals surface area (Å²) in [5.41, 5.74) is 1.19. The van der Waals surface area contributed by atoms with Crippen molar-refractivity contribution in [3.05, 3.63) is 58.6 Å². The molecule has 0 fully saturated rings. The summed E-state index contributed by atoms with van der Waals surface area (Å²) < 4.78 is 69.0. The number of alkyl halides is 3. The average Bonchev–Trinajstić information content (AvgIpc) is 2.66. The number of rotatable bonds is 8. The highest BCUT2D eigenvalue weighted by molar-refractivity contribution is 7.92. The van der Waals surface area contributed by atoms with Crippen LogP contribution in [-0.4, -0.2) is 39.9 Å². The van der Waals surface area contributed by atoms with Gasteiger partial charge in [0.05, 0.1) is 35.4 Å². The van der Waals surface area contributed by atoms with Crippen molar-refractivity contribution in [3.63, 3.8) is 0 Å². The lowest BCUT2D eigenvalue weighted by molar-refractivity contribution is -0.137. The Hall–Kier alpha value is -2.79. The molecule has 2 aromatic rings. The van der Waals surface area contributed by atoms with Gasteiger partial charge in [0.15, 0.2) is 0 Å². The normalized spacial score (nSPS) is 12.1. The number of halogens is 4. The SMILES string of the molecule is CCOc1ccc(/C=N\NC(=O)CN(c2cc(C(F)(F)F)ccc2Cl)S(C)(=O)=O)cc1. The molecule has 0 aliphatic rings. The van der Waals surface area contributed by atoms with E-state index in [2.05, 4.69) is 10.5 Å². The van der Waals surface area contributed by atoms with Crippen molar-refractivity contribution in [1.29, 1.82) is 0 Å². The molecule has 0 heterocycles. The van der Waals surface area contributed by atoms with Crippen LogP contribution >= 0.6 is 11.6 Å². The predicted octanol–water partition coefficient (Wildman–Crippen LogP) is 3.67. The first-order chi connectivity index (χ1) is 14.4. The fourth-order valence-electron chi connectivity index (χ4n) is 2.42. The number of carbonyl (C=O) groups excluding carboxylic acids is 1. The number of hydrazone groups is 1. The third-order valence-electron chi connectivity index (χ3n) is 3.82. The fraction of sp³-hybridized carbons (Fsp3) is 0.263. The van der Waals surface area contributed by atoms with Crippen molar-refractivity contribution in [1.82, 2.24) is 5.43 Å². The minimum atomic E-state index is -4.72. The van der Waals surface area contributed by atoms with Gasteiger partial charge >= 0.3 is 6.18 Å². The number of ether oxygens (including phenoxy) is 1. The second-order valence-electron chi connectivity index (χ2n) is 6.23. The number of sulfonamides is 1. The summed E-state index contributed by atoms with van der Waals surface area (Å²) in [7, 11) is -4.13. The summed E-state index contributed by atoms with van der Waals surface area (Å²) in [5, 5.41) is 3.47. The smallest absolute Gasteiger partial charge is 0.416 e. The van der Waals surface area contributed by atoms with Gasteiger partial charge in [-0.3, -0.25) is 9.10 Å². The molecule has 31 heavy (non-hydrogen) atoms. The summed E-state index contributed by atoms with van der Waals surface area (Å²) in [6.45, 7) is 1.54. The second-order valence-corrected chi connectivity index (χ2v) is 8.54. The van der Waals surface area contributed by atoms with Crippen LogP contribution in [0.1, 0.15) is 18.1 Å². The van der Waals surface area contributed by atoms with Crippen molar-refractivity contribution < 1.29 is 31.1 Å². The molecular weight excluding hydrogens is 459 g/mol. The predicted molar refractivity (Wildman–Crippen MR) is 112 cm³/mol. The lowest BCUT2D eigenvalue weighted by atomic mass is 10.2. The van der Waals surface area contributed by atoms with Crippen LogP contribution in [0, 0.1) is 0 Å². The van der Waals surface area contributed by atoms with E-state index in [1.54, 1.807) is 24.3 Å². The minimum Gasteiger partial charge on any atom is -0.494 e. The summed E-state index contributed by atoms with van der Waals surface area (Å²) in [6.07, 6.45) is -2.65. The van der Waals surface area contributed by atoms with E-state index in [0.29, 0.717) is 34.4 Å². The first kappa shape index (κ1) is 24.5. The Kier molecular flexibility index (Phi) is 7.91. The molecule has 0 unspecified atom stereocenters. The van der Waals surface area contributed by atoms with Crippen LogP contribution in [0.15, 0.2) is 47.6 Å². The fourth-order valence-corrected chi connectivity index (χ4v) is 3.55. The van der Waals surface area contributed by atoms with E-state index in [0.717, 1.165) is 12.3 Å². The number of hydrogen-bond acceptors (Lipinski definition) is 5. The zero-order valence-corrected chi connectivity index (χ0v) is 18.1. The van der Waals surface area contributed by atoms with Crippen molar-refractivity contribution in [2.45, 2.75) is 13.1 Å². The van der Waals surface area contributed by atoms with Crippen LogP contribution in [0.3, 0.4) is 0 Å². The zero-order chi connectivity index (χ0) is 23.2. The molecule has 0 radical (unpaired) electrons. The molecule has 0 saturated heterocycles. The van der Waals surface area contributed by atoms with E-state index in [-0.39, 0.29) is 5.02 Å². The summed E-state index contributed by atoms with van der Waals surface area (Å²) in [6, 6.07) is 8.98. The van der Waals surface area contributed by atoms with Gasteiger partial charge < -0.3 is 4.74 Å². The second kappa shape index (κ2) is 10.0. The molecule has 2 aromatic carbocycles. The third-order valence-corrected chi connectivity index (χ3v) is 5.27. The van der Waals surface area contributed by atoms with Gasteiger partial charge in [0.25, 0.3) is 5.91 Å². The third kappa shape index (κ3) is 7.14. The van der Waals surface area contributed by atoms with Crippen LogP contribution in [-0.2, 0) is 21.0 Å². The monoisotopic (exact) mass is 477 g/mol. The number of nitrogens with zero attached hydrogens (tertiary/aromatic N) is 2. The maximum atomic E-state index is 13.0. The van der Waals surface area contributed by atoms with Crippen molar-refractivity contribution in [2.75, 3.05) is 23.7 Å². The number of hydrogen-bond donors (Lipinski definition) is 1. The molecule has 12 heteroatoms. The maximum Gasteiger partial charge on any atom is 0.416 e. The van der Waals surface area contributed by atoms with Gasteiger partial charge in [0, 0.05) is 0 Å². The van der Waals surface area contributed by atoms with Gasteiger partial charge in [-0.2, -0.15) is 18.3 Å². The van der Waals surface area contributed by atoms with Crippen molar-refractivity contribution in [2.24, 2.45) is 5.10 Å². The Morgan fingerprint density at radius 2 is 1.87 bits per heavy atom. The van der Waals surface area contributed by atoms with E-state index >= 15 is 0 Å². The Balaban J connectivity index is 2.16. The van der Waals surface area contributed by atoms with Gasteiger partial charge in [0.1, 0.15) is 12.3 Å². The van der Waals surface area contributed by atoms with Crippen LogP contribution in [0.2, 0.25) is 5.02 Å². The molecule has 0 aromatic heterocycles. The standard InChI is InChI=1S/C19H19ClF3N3O4S/c1-3-30-15-7-4-13(5-8-15)11-24-25-18(27)12-26(31(2,28)29)17-10-14(19(21,22)23)6-9-16(17)20/h4-11H,3,12H2,1-2H3,(H,25,27)/b24-11-. The first-order valence-corrected chi connectivity index (χ1v) is 11.0. The maximum absolute atomic E-state index is 13.0. The average molecular weight is 478 g/mol. The van der Waals surface area contributed by atoms with E-state index in [9.17, 15) is 26.4 Å². The largest absolute Gasteiger partial charge is 0.494 e. The lowest BCUT2D eigenvalue weighted by Crippen LogP contribution is -2.39. The number of anilines is 1. The number of amides is 1. The molecule has 168 valence electrons. The Morgan fingerprint density at radius 1 is 1.23 bits per heavy atom. The highest BCUT2D eigenvalue weighted by Gasteiger charge is 2.33. The molecule has 1 amide bonds. The van der Waals surface area contributed by atoms with E-state index in [1.807, 2.05) is 6.92 Å². The summed E-state index contributed by atoms with van der Waals surface area (Å²) in [4.78, 5) is 12.2. The minimum absolute atomic E-state index is 0.260. The van der Waals surface area contributed by atoms with Gasteiger partial charge in [-0.25, -0.2) is 13.8 Å². The van der Waals surface area contributed by atoms with Gasteiger partial charge in [0.2, 0.25) is 10.0 Å². The Labute approximate surface area is 182 Å². The molecule has 7 nitrogen and oxygen atoms in total. The molecule has 0 spiro atoms. The molecule has 0 saturated carbocycles. The first-order valence-electron chi connectivity index (χ1n) is 8.81. The van der Waals surface area contributed by atoms with Crippen LogP contribution in [0.5, 0.6) is 5.75 Å². The Morgan fingerprint density at radius 3 is 2.42 bits per heavy atom. The molecule has 0 atom stereocenters. The van der Waals surface area contributed by atoms with Crippen LogP contribution < -0.4 is 14.5 Å². The molecular formula is C19H19ClF3N3O4S. The zero-order valence-electron chi connectivity index (χ0n) is 16.5. The topological polar surface area (TPSA) is 88.1 Å². The summed E-state index contributed by atoms with van der Waals surface area (Å²) in [5.74, 6) is -0.216. The van der Waals surface area contributed by atoms with E-state index < -0.39 is 39.9 Å². The van der Waals surface area contributed by atoms with Crippen molar-refractivity contribution >= 4 is 39.4 Å². The van der Waals surface area contributed by atoms with Gasteiger partial charge in [-0.05, 0) is 55.0 Å². The summed E-state index contributed by atoms with van der Waals surface area (Å²) >= 11 is 5.91. The molecule has 0 aliphatic heterocycles. The highest BCUT2D eigenvalue weighted by atomic mass is 35.5. The highest BCUT2D eigenvalue weighted by Crippen LogP contribution is 2.36. The van der Waals surface area contributed by atoms with Gasteiger partial charge in [-0.15, -0.1) is 0 Å². The van der Waals surface area contributed by atoms with Crippen molar-refractivity contribution in [3.8, 4) is 5.75 Å². The van der Waals surface area contributed by atoms with Crippen LogP contribution in [0.25, 0.3) is 0 Å². The number of carbonyl (C=O) groups is 1. The van der Waals surface area contributed by atoms with Crippen LogP contribution in [0.4, 0.5) is 18.9 Å². The molecule has 1 N–H and O–H groups in total. The molecule has 0 bridgehead atoms. The lowest BCUT2D eigenvalue weighted by Gasteiger charge is -2.23. The van der Waals surface area contributed by atoms with E-state index in [4.69, 9.17) is 16.3 Å². The molecule has 2 rings (SSSR count). The Bertz CT molecular complexity index is 1060. The number of benzene rings is 2. The number of nitrogens with one attached hydrogen (secondary N) is 1. The quantitative estimate of drug-likeness (QED) is 0.464. The molecule has 0 aliphatic carbocycles.